The van der Waals surface area contributed by atoms with Gasteiger partial charge in [0.15, 0.2) is 0 Å². The van der Waals surface area contributed by atoms with Crippen molar-refractivity contribution in [2.24, 2.45) is 5.92 Å². The molecule has 8 heavy (non-hydrogen) atoms. The topological polar surface area (TPSA) is 32.3 Å². The van der Waals surface area contributed by atoms with Crippen molar-refractivity contribution >= 4 is 0 Å². The highest BCUT2D eigenvalue weighted by Crippen LogP contribution is 2.31. The van der Waals surface area contributed by atoms with Crippen LogP contribution in [0.15, 0.2) is 0 Å². The van der Waals surface area contributed by atoms with Crippen LogP contribution < -0.4 is 5.32 Å². The van der Waals surface area contributed by atoms with E-state index in [-0.39, 0.29) is 6.10 Å². The molecule has 1 aliphatic rings. The predicted octanol–water partition coefficient (Wildman–Crippen LogP) is -0.0233. The number of nitrogens with one attached hydrogen (secondary N) is 1. The molecule has 2 heteroatoms. The van der Waals surface area contributed by atoms with E-state index in [0.29, 0.717) is 5.92 Å². The minimum Gasteiger partial charge on any atom is -0.392 e. The minimum absolute atomic E-state index is 0.0833. The third kappa shape index (κ3) is 1.46. The van der Waals surface area contributed by atoms with E-state index in [0.717, 1.165) is 6.54 Å². The van der Waals surface area contributed by atoms with Crippen molar-refractivity contribution in [3.63, 3.8) is 0 Å². The Morgan fingerprint density at radius 3 is 2.75 bits per heavy atom. The van der Waals surface area contributed by atoms with E-state index in [9.17, 15) is 0 Å². The van der Waals surface area contributed by atoms with Gasteiger partial charge in [-0.2, -0.15) is 0 Å². The highest BCUT2D eigenvalue weighted by molar-refractivity contribution is 4.81. The third-order valence-corrected chi connectivity index (χ3v) is 1.58. The maximum Gasteiger partial charge on any atom is 0.0692 e. The monoisotopic (exact) mass is 115 g/mol. The molecule has 2 nitrogen and oxygen atoms in total. The molecule has 1 aliphatic carbocycles. The third-order valence-electron chi connectivity index (χ3n) is 1.58. The first kappa shape index (κ1) is 6.05. The lowest BCUT2D eigenvalue weighted by molar-refractivity contribution is 0.151. The fraction of sp³-hybridized carbons (Fsp3) is 1.00. The molecular weight excluding hydrogens is 102 g/mol. The molecule has 0 saturated heterocycles. The molecule has 1 fully saturated rings. The molecule has 1 rings (SSSR count). The van der Waals surface area contributed by atoms with Crippen LogP contribution in [-0.2, 0) is 0 Å². The number of likely N-dealkylation sites (N-methyl/N-ethyl adjacent to an activating group) is 1. The first-order valence-corrected chi connectivity index (χ1v) is 3.17. The Kier molecular flexibility index (Phi) is 1.86. The van der Waals surface area contributed by atoms with Gasteiger partial charge >= 0.3 is 0 Å². The first-order valence-electron chi connectivity index (χ1n) is 3.17. The fourth-order valence-corrected chi connectivity index (χ4v) is 0.857. The lowest BCUT2D eigenvalue weighted by Crippen LogP contribution is -2.24. The summed E-state index contributed by atoms with van der Waals surface area (Å²) in [7, 11) is 1.87. The summed E-state index contributed by atoms with van der Waals surface area (Å²) >= 11 is 0. The van der Waals surface area contributed by atoms with Crippen LogP contribution in [0, 0.1) is 5.92 Å². The molecule has 2 N–H and O–H groups in total. The minimum atomic E-state index is -0.0833. The average Bonchev–Trinajstić information content (AvgIpc) is 2.45. The molecule has 0 aromatic rings. The Hall–Kier alpha value is -0.0800. The van der Waals surface area contributed by atoms with Gasteiger partial charge in [-0.3, -0.25) is 0 Å². The van der Waals surface area contributed by atoms with Crippen LogP contribution in [0.5, 0.6) is 0 Å². The van der Waals surface area contributed by atoms with E-state index >= 15 is 0 Å². The maximum atomic E-state index is 9.13. The van der Waals surface area contributed by atoms with E-state index in [1.54, 1.807) is 0 Å². The van der Waals surface area contributed by atoms with Crippen molar-refractivity contribution in [3.8, 4) is 0 Å². The quantitative estimate of drug-likeness (QED) is 0.541. The Balaban J connectivity index is 2.03. The van der Waals surface area contributed by atoms with Gasteiger partial charge in [-0.25, -0.2) is 0 Å². The largest absolute Gasteiger partial charge is 0.392 e. The summed E-state index contributed by atoms with van der Waals surface area (Å²) < 4.78 is 0. The van der Waals surface area contributed by atoms with Gasteiger partial charge in [0, 0.05) is 6.54 Å². The molecule has 0 heterocycles. The lowest BCUT2D eigenvalue weighted by atomic mass is 10.2. The maximum absolute atomic E-state index is 9.13. The summed E-state index contributed by atoms with van der Waals surface area (Å²) in [5.74, 6) is 0.613. The van der Waals surface area contributed by atoms with E-state index < -0.39 is 0 Å². The molecule has 1 saturated carbocycles. The van der Waals surface area contributed by atoms with Crippen LogP contribution >= 0.6 is 0 Å². The summed E-state index contributed by atoms with van der Waals surface area (Å²) in [6.45, 7) is 0.755. The zero-order valence-electron chi connectivity index (χ0n) is 5.22. The summed E-state index contributed by atoms with van der Waals surface area (Å²) in [4.78, 5) is 0. The van der Waals surface area contributed by atoms with Gasteiger partial charge < -0.3 is 10.4 Å². The average molecular weight is 115 g/mol. The summed E-state index contributed by atoms with van der Waals surface area (Å²) in [5.41, 5.74) is 0. The first-order chi connectivity index (χ1) is 3.84. The van der Waals surface area contributed by atoms with Crippen molar-refractivity contribution in [1.29, 1.82) is 0 Å². The molecule has 0 aliphatic heterocycles. The van der Waals surface area contributed by atoms with E-state index in [4.69, 9.17) is 5.11 Å². The van der Waals surface area contributed by atoms with Crippen LogP contribution in [0.25, 0.3) is 0 Å². The highest BCUT2D eigenvalue weighted by Gasteiger charge is 2.28. The number of aliphatic hydroxyl groups excluding tert-OH is 1. The van der Waals surface area contributed by atoms with Crippen molar-refractivity contribution in [2.45, 2.75) is 18.9 Å². The van der Waals surface area contributed by atoms with Gasteiger partial charge in [-0.05, 0) is 25.8 Å². The van der Waals surface area contributed by atoms with Gasteiger partial charge in [0.25, 0.3) is 0 Å². The number of hydrogen-bond acceptors (Lipinski definition) is 2. The molecule has 1 atom stereocenters. The van der Waals surface area contributed by atoms with Gasteiger partial charge in [-0.15, -0.1) is 0 Å². The van der Waals surface area contributed by atoms with Crippen LogP contribution in [0.4, 0.5) is 0 Å². The summed E-state index contributed by atoms with van der Waals surface area (Å²) in [6, 6.07) is 0. The molecular formula is C6H13NO. The Labute approximate surface area is 49.9 Å². The Morgan fingerprint density at radius 2 is 2.38 bits per heavy atom. The van der Waals surface area contributed by atoms with Crippen molar-refractivity contribution < 1.29 is 5.11 Å². The Morgan fingerprint density at radius 1 is 1.75 bits per heavy atom. The zero-order chi connectivity index (χ0) is 5.98. The van der Waals surface area contributed by atoms with Crippen LogP contribution in [0.2, 0.25) is 0 Å². The smallest absolute Gasteiger partial charge is 0.0692 e. The lowest BCUT2D eigenvalue weighted by Gasteiger charge is -2.05. The van der Waals surface area contributed by atoms with Crippen molar-refractivity contribution in [1.82, 2.24) is 5.32 Å². The van der Waals surface area contributed by atoms with Crippen molar-refractivity contribution in [3.05, 3.63) is 0 Å². The molecule has 48 valence electrons. The number of rotatable bonds is 3. The van der Waals surface area contributed by atoms with Crippen LogP contribution in [0.3, 0.4) is 0 Å². The molecule has 0 amide bonds. The zero-order valence-corrected chi connectivity index (χ0v) is 5.22. The molecule has 0 aromatic heterocycles. The predicted molar refractivity (Wildman–Crippen MR) is 32.7 cm³/mol. The van der Waals surface area contributed by atoms with Gasteiger partial charge in [0.1, 0.15) is 0 Å². The van der Waals surface area contributed by atoms with Gasteiger partial charge in [0.05, 0.1) is 6.10 Å². The number of hydrogen-bond donors (Lipinski definition) is 2. The molecule has 0 radical (unpaired) electrons. The molecule has 0 aromatic carbocycles. The van der Waals surface area contributed by atoms with Gasteiger partial charge in [0.2, 0.25) is 0 Å². The SMILES string of the molecule is CNCC(O)C1CC1. The molecule has 1 unspecified atom stereocenters. The summed E-state index contributed by atoms with van der Waals surface area (Å²) in [6.07, 6.45) is 2.37. The normalized spacial score (nSPS) is 23.2. The van der Waals surface area contributed by atoms with Crippen LogP contribution in [-0.4, -0.2) is 24.8 Å². The van der Waals surface area contributed by atoms with Crippen LogP contribution in [0.1, 0.15) is 12.8 Å². The standard InChI is InChI=1S/C6H13NO/c1-7-4-6(8)5-2-3-5/h5-8H,2-4H2,1H3. The molecule has 0 bridgehead atoms. The Bertz CT molecular complexity index is 70.9. The second-order valence-electron chi connectivity index (χ2n) is 2.46. The fourth-order valence-electron chi connectivity index (χ4n) is 0.857. The number of aliphatic hydroxyl groups is 1. The summed E-state index contributed by atoms with van der Waals surface area (Å²) in [5, 5.41) is 12.1. The van der Waals surface area contributed by atoms with E-state index in [1.807, 2.05) is 7.05 Å². The van der Waals surface area contributed by atoms with Crippen molar-refractivity contribution in [2.75, 3.05) is 13.6 Å². The van der Waals surface area contributed by atoms with E-state index in [1.165, 1.54) is 12.8 Å². The van der Waals surface area contributed by atoms with E-state index in [2.05, 4.69) is 5.32 Å². The highest BCUT2D eigenvalue weighted by atomic mass is 16.3. The second kappa shape index (κ2) is 2.46. The van der Waals surface area contributed by atoms with Gasteiger partial charge in [-0.1, -0.05) is 0 Å². The molecule has 0 spiro atoms. The second-order valence-corrected chi connectivity index (χ2v) is 2.46.